The van der Waals surface area contributed by atoms with Gasteiger partial charge in [-0.1, -0.05) is 40.2 Å². The summed E-state index contributed by atoms with van der Waals surface area (Å²) in [4.78, 5) is 0. The lowest BCUT2D eigenvalue weighted by molar-refractivity contribution is 0.0423. The molecule has 2 aromatic rings. The second kappa shape index (κ2) is 6.69. The quantitative estimate of drug-likeness (QED) is 0.900. The zero-order chi connectivity index (χ0) is 14.7. The number of fused-ring (bicyclic) bond motifs is 1. The van der Waals surface area contributed by atoms with Crippen LogP contribution in [0, 0.1) is 5.82 Å². The second-order valence-corrected chi connectivity index (χ2v) is 6.09. The van der Waals surface area contributed by atoms with Crippen LogP contribution in [0.25, 0.3) is 0 Å². The first-order chi connectivity index (χ1) is 10.2. The van der Waals surface area contributed by atoms with Crippen LogP contribution in [0.5, 0.6) is 0 Å². The summed E-state index contributed by atoms with van der Waals surface area (Å²) in [5, 5.41) is 3.29. The summed E-state index contributed by atoms with van der Waals surface area (Å²) < 4.78 is 20.4. The van der Waals surface area contributed by atoms with E-state index in [9.17, 15) is 4.39 Å². The maximum Gasteiger partial charge on any atom is 0.127 e. The van der Waals surface area contributed by atoms with Crippen molar-refractivity contribution in [2.45, 2.75) is 19.1 Å². The van der Waals surface area contributed by atoms with Gasteiger partial charge in [0.15, 0.2) is 0 Å². The molecule has 0 saturated carbocycles. The average Bonchev–Trinajstić information content (AvgIpc) is 2.51. The fourth-order valence-corrected chi connectivity index (χ4v) is 3.07. The monoisotopic (exact) mass is 349 g/mol. The molecule has 21 heavy (non-hydrogen) atoms. The molecule has 2 nitrogen and oxygen atoms in total. The van der Waals surface area contributed by atoms with Crippen LogP contribution in [0.15, 0.2) is 46.9 Å². The molecule has 0 aliphatic carbocycles. The van der Waals surface area contributed by atoms with E-state index in [2.05, 4.69) is 39.4 Å². The number of ether oxygens (including phenoxy) is 1. The van der Waals surface area contributed by atoms with Crippen molar-refractivity contribution in [1.82, 2.24) is 5.32 Å². The van der Waals surface area contributed by atoms with Gasteiger partial charge in [-0.15, -0.1) is 0 Å². The van der Waals surface area contributed by atoms with E-state index in [1.807, 2.05) is 6.07 Å². The number of nitrogens with one attached hydrogen (secondary N) is 1. The summed E-state index contributed by atoms with van der Waals surface area (Å²) in [5.41, 5.74) is 3.25. The van der Waals surface area contributed by atoms with Gasteiger partial charge in [-0.25, -0.2) is 4.39 Å². The van der Waals surface area contributed by atoms with Crippen LogP contribution in [-0.4, -0.2) is 13.2 Å². The summed E-state index contributed by atoms with van der Waals surface area (Å²) in [5.74, 6) is -0.185. The maximum absolute atomic E-state index is 13.7. The van der Waals surface area contributed by atoms with Crippen molar-refractivity contribution in [3.05, 3.63) is 69.4 Å². The molecular weight excluding hydrogens is 333 g/mol. The van der Waals surface area contributed by atoms with E-state index in [-0.39, 0.29) is 11.9 Å². The van der Waals surface area contributed by atoms with E-state index >= 15 is 0 Å². The molecule has 1 heterocycles. The minimum atomic E-state index is -0.185. The van der Waals surface area contributed by atoms with Crippen molar-refractivity contribution in [3.8, 4) is 0 Å². The molecule has 2 aromatic carbocycles. The van der Waals surface area contributed by atoms with Gasteiger partial charge in [0, 0.05) is 23.1 Å². The van der Waals surface area contributed by atoms with Gasteiger partial charge >= 0.3 is 0 Å². The first kappa shape index (κ1) is 14.7. The molecule has 0 amide bonds. The van der Waals surface area contributed by atoms with Crippen LogP contribution in [0.2, 0.25) is 0 Å². The normalized spacial score (nSPS) is 17.5. The average molecular weight is 350 g/mol. The number of benzene rings is 2. The summed E-state index contributed by atoms with van der Waals surface area (Å²) in [6.07, 6.45) is 1.01. The third-order valence-electron chi connectivity index (χ3n) is 3.75. The van der Waals surface area contributed by atoms with E-state index in [0.717, 1.165) is 17.5 Å². The maximum atomic E-state index is 13.7. The Labute approximate surface area is 132 Å². The topological polar surface area (TPSA) is 21.3 Å². The highest BCUT2D eigenvalue weighted by Crippen LogP contribution is 2.26. The van der Waals surface area contributed by atoms with Crippen molar-refractivity contribution in [3.63, 3.8) is 0 Å². The fraction of sp³-hybridized carbons (Fsp3) is 0.294. The van der Waals surface area contributed by atoms with Gasteiger partial charge in [-0.3, -0.25) is 0 Å². The number of rotatable bonds is 4. The molecule has 110 valence electrons. The zero-order valence-electron chi connectivity index (χ0n) is 11.6. The second-order valence-electron chi connectivity index (χ2n) is 5.17. The van der Waals surface area contributed by atoms with E-state index in [0.29, 0.717) is 18.7 Å². The molecule has 1 aliphatic heterocycles. The Hall–Kier alpha value is -1.23. The van der Waals surface area contributed by atoms with E-state index in [1.165, 1.54) is 17.2 Å². The lowest BCUT2D eigenvalue weighted by atomic mass is 9.97. The molecule has 1 atom stereocenters. The molecule has 1 unspecified atom stereocenters. The number of hydrogen-bond donors (Lipinski definition) is 1. The summed E-state index contributed by atoms with van der Waals surface area (Å²) in [7, 11) is 0. The Morgan fingerprint density at radius 1 is 1.24 bits per heavy atom. The molecule has 0 radical (unpaired) electrons. The fourth-order valence-electron chi connectivity index (χ4n) is 2.66. The van der Waals surface area contributed by atoms with Gasteiger partial charge in [0.25, 0.3) is 0 Å². The first-order valence-corrected chi connectivity index (χ1v) is 7.87. The van der Waals surface area contributed by atoms with Crippen molar-refractivity contribution < 1.29 is 9.13 Å². The molecule has 0 spiro atoms. The van der Waals surface area contributed by atoms with Crippen molar-refractivity contribution >= 4 is 15.9 Å². The highest BCUT2D eigenvalue weighted by Gasteiger charge is 2.19. The van der Waals surface area contributed by atoms with Crippen LogP contribution in [-0.2, 0) is 17.7 Å². The Balaban J connectivity index is 1.63. The minimum Gasteiger partial charge on any atom is -0.372 e. The van der Waals surface area contributed by atoms with Crippen LogP contribution in [0.4, 0.5) is 4.39 Å². The van der Waals surface area contributed by atoms with Gasteiger partial charge in [0.05, 0.1) is 12.7 Å². The van der Waals surface area contributed by atoms with Crippen molar-refractivity contribution in [1.29, 1.82) is 0 Å². The molecular formula is C17H17BrFNO. The van der Waals surface area contributed by atoms with Crippen LogP contribution in [0.1, 0.15) is 22.8 Å². The predicted molar refractivity (Wildman–Crippen MR) is 84.6 cm³/mol. The molecule has 3 rings (SSSR count). The largest absolute Gasteiger partial charge is 0.372 e. The summed E-state index contributed by atoms with van der Waals surface area (Å²) in [6, 6.07) is 13.4. The van der Waals surface area contributed by atoms with Gasteiger partial charge in [0.2, 0.25) is 0 Å². The standard InChI is InChI=1S/C17H17BrFNO/c18-14-5-6-16(19)13(9-14)10-20-11-17-15-4-2-1-3-12(15)7-8-21-17/h1-6,9,17,20H,7-8,10-11H2. The Morgan fingerprint density at radius 3 is 3.00 bits per heavy atom. The smallest absolute Gasteiger partial charge is 0.127 e. The van der Waals surface area contributed by atoms with Crippen molar-refractivity contribution in [2.24, 2.45) is 0 Å². The van der Waals surface area contributed by atoms with E-state index in [4.69, 9.17) is 4.74 Å². The highest BCUT2D eigenvalue weighted by molar-refractivity contribution is 9.10. The third kappa shape index (κ3) is 3.51. The summed E-state index contributed by atoms with van der Waals surface area (Å²) >= 11 is 3.37. The third-order valence-corrected chi connectivity index (χ3v) is 4.24. The molecule has 0 fully saturated rings. The molecule has 1 N–H and O–H groups in total. The summed E-state index contributed by atoms with van der Waals surface area (Å²) in [6.45, 7) is 1.92. The molecule has 0 saturated heterocycles. The Morgan fingerprint density at radius 2 is 2.10 bits per heavy atom. The van der Waals surface area contributed by atoms with Gasteiger partial charge < -0.3 is 10.1 Å². The predicted octanol–water partition coefficient (Wildman–Crippen LogP) is 3.99. The lowest BCUT2D eigenvalue weighted by Crippen LogP contribution is -2.27. The van der Waals surface area contributed by atoms with Crippen LogP contribution in [0.3, 0.4) is 0 Å². The Kier molecular flexibility index (Phi) is 4.68. The molecule has 1 aliphatic rings. The van der Waals surface area contributed by atoms with E-state index in [1.54, 1.807) is 12.1 Å². The minimum absolute atomic E-state index is 0.0464. The highest BCUT2D eigenvalue weighted by atomic mass is 79.9. The molecule has 4 heteroatoms. The SMILES string of the molecule is Fc1ccc(Br)cc1CNCC1OCCc2ccccc21. The lowest BCUT2D eigenvalue weighted by Gasteiger charge is -2.26. The van der Waals surface area contributed by atoms with Crippen LogP contribution >= 0.6 is 15.9 Å². The van der Waals surface area contributed by atoms with Gasteiger partial charge in [-0.2, -0.15) is 0 Å². The Bertz CT molecular complexity index is 632. The molecule has 0 aromatic heterocycles. The number of halogens is 2. The van der Waals surface area contributed by atoms with Crippen LogP contribution < -0.4 is 5.32 Å². The van der Waals surface area contributed by atoms with Gasteiger partial charge in [-0.05, 0) is 35.7 Å². The first-order valence-electron chi connectivity index (χ1n) is 7.08. The van der Waals surface area contributed by atoms with Crippen molar-refractivity contribution in [2.75, 3.05) is 13.2 Å². The zero-order valence-corrected chi connectivity index (χ0v) is 13.2. The van der Waals surface area contributed by atoms with E-state index < -0.39 is 0 Å². The number of hydrogen-bond acceptors (Lipinski definition) is 2. The van der Waals surface area contributed by atoms with Gasteiger partial charge in [0.1, 0.15) is 5.82 Å². The molecule has 0 bridgehead atoms.